The number of aryl methyl sites for hydroxylation is 1. The van der Waals surface area contributed by atoms with E-state index in [4.69, 9.17) is 0 Å². The average Bonchev–Trinajstić information content (AvgIpc) is 2.74. The Kier molecular flexibility index (Phi) is 7.55. The molecule has 1 heterocycles. The highest BCUT2D eigenvalue weighted by atomic mass is 32.2. The number of fused-ring (bicyclic) bond motifs is 1. The maximum Gasteiger partial charge on any atom is 0.286 e. The Hall–Kier alpha value is -2.32. The normalized spacial score (nSPS) is 15.8. The summed E-state index contributed by atoms with van der Waals surface area (Å²) in [6.07, 6.45) is 2.56. The molecule has 0 aliphatic carbocycles. The number of thioether (sulfide) groups is 1. The molecule has 0 saturated carbocycles. The van der Waals surface area contributed by atoms with Gasteiger partial charge in [0.25, 0.3) is 10.0 Å². The van der Waals surface area contributed by atoms with Gasteiger partial charge in [-0.25, -0.2) is 0 Å². The lowest BCUT2D eigenvalue weighted by molar-refractivity contribution is -0.119. The smallest absolute Gasteiger partial charge is 0.286 e. The SMILES string of the molecule is CCCN1C(SCC(=O)N[C@@H](C)CCc2ccccc2)=NS(=O)(=O)c2ccccc21. The summed E-state index contributed by atoms with van der Waals surface area (Å²) in [6.45, 7) is 4.64. The van der Waals surface area contributed by atoms with Crippen molar-refractivity contribution >= 4 is 38.5 Å². The van der Waals surface area contributed by atoms with E-state index < -0.39 is 10.0 Å². The van der Waals surface area contributed by atoms with E-state index in [0.717, 1.165) is 31.0 Å². The number of nitrogens with zero attached hydrogens (tertiary/aromatic N) is 2. The number of anilines is 1. The van der Waals surface area contributed by atoms with Gasteiger partial charge in [-0.2, -0.15) is 8.42 Å². The van der Waals surface area contributed by atoms with E-state index in [0.29, 0.717) is 17.4 Å². The molecule has 0 saturated heterocycles. The summed E-state index contributed by atoms with van der Waals surface area (Å²) in [6, 6.07) is 17.0. The van der Waals surface area contributed by atoms with E-state index in [1.807, 2.05) is 43.0 Å². The third kappa shape index (κ3) is 5.64. The van der Waals surface area contributed by atoms with Gasteiger partial charge in [0.2, 0.25) is 5.91 Å². The highest BCUT2D eigenvalue weighted by Crippen LogP contribution is 2.34. The number of para-hydroxylation sites is 1. The van der Waals surface area contributed by atoms with E-state index in [-0.39, 0.29) is 22.6 Å². The lowest BCUT2D eigenvalue weighted by atomic mass is 10.1. The van der Waals surface area contributed by atoms with Crippen LogP contribution in [-0.4, -0.2) is 37.8 Å². The molecule has 1 amide bonds. The Balaban J connectivity index is 1.59. The summed E-state index contributed by atoms with van der Waals surface area (Å²) >= 11 is 1.16. The second-order valence-electron chi connectivity index (χ2n) is 7.25. The fourth-order valence-electron chi connectivity index (χ4n) is 3.29. The molecule has 0 unspecified atom stereocenters. The van der Waals surface area contributed by atoms with Crippen LogP contribution in [0.2, 0.25) is 0 Å². The molecular weight excluding hydrogens is 418 g/mol. The van der Waals surface area contributed by atoms with Crippen molar-refractivity contribution < 1.29 is 13.2 Å². The Morgan fingerprint density at radius 3 is 2.57 bits per heavy atom. The van der Waals surface area contributed by atoms with Gasteiger partial charge in [0, 0.05) is 12.6 Å². The van der Waals surface area contributed by atoms with E-state index >= 15 is 0 Å². The molecule has 1 atom stereocenters. The van der Waals surface area contributed by atoms with E-state index in [1.54, 1.807) is 18.2 Å². The molecule has 0 aromatic heterocycles. The van der Waals surface area contributed by atoms with E-state index in [2.05, 4.69) is 21.8 Å². The van der Waals surface area contributed by atoms with Crippen molar-refractivity contribution in [2.45, 2.75) is 44.0 Å². The number of nitrogens with one attached hydrogen (secondary N) is 1. The first kappa shape index (κ1) is 22.4. The molecule has 30 heavy (non-hydrogen) atoms. The summed E-state index contributed by atoms with van der Waals surface area (Å²) in [4.78, 5) is 14.5. The number of benzene rings is 2. The molecule has 0 radical (unpaired) electrons. The van der Waals surface area contributed by atoms with E-state index in [9.17, 15) is 13.2 Å². The van der Waals surface area contributed by atoms with Gasteiger partial charge >= 0.3 is 0 Å². The second kappa shape index (κ2) is 10.1. The molecular formula is C22H27N3O3S2. The molecule has 8 heteroatoms. The molecule has 160 valence electrons. The third-order valence-corrected chi connectivity index (χ3v) is 7.17. The summed E-state index contributed by atoms with van der Waals surface area (Å²) in [7, 11) is -3.76. The first-order valence-electron chi connectivity index (χ1n) is 10.1. The predicted octanol–water partition coefficient (Wildman–Crippen LogP) is 3.83. The maximum atomic E-state index is 12.5. The van der Waals surface area contributed by atoms with Crippen molar-refractivity contribution in [2.75, 3.05) is 17.2 Å². The second-order valence-corrected chi connectivity index (χ2v) is 9.76. The highest BCUT2D eigenvalue weighted by molar-refractivity contribution is 8.15. The molecule has 3 rings (SSSR count). The molecule has 2 aromatic rings. The standard InChI is InChI=1S/C22H27N3O3S2/c1-3-15-25-19-11-7-8-12-20(19)30(27,28)24-22(25)29-16-21(26)23-17(2)13-14-18-9-5-4-6-10-18/h4-12,17H,3,13-16H2,1-2H3,(H,23,26)/t17-/m0/s1. The van der Waals surface area contributed by atoms with Gasteiger partial charge in [0.05, 0.1) is 11.4 Å². The third-order valence-electron chi connectivity index (χ3n) is 4.76. The van der Waals surface area contributed by atoms with Crippen LogP contribution < -0.4 is 10.2 Å². The minimum absolute atomic E-state index is 0.0304. The van der Waals surface area contributed by atoms with Gasteiger partial charge in [-0.1, -0.05) is 61.2 Å². The Morgan fingerprint density at radius 1 is 1.13 bits per heavy atom. The van der Waals surface area contributed by atoms with E-state index in [1.165, 1.54) is 5.56 Å². The topological polar surface area (TPSA) is 78.8 Å². The fraction of sp³-hybridized carbons (Fsp3) is 0.364. The van der Waals surface area contributed by atoms with Crippen LogP contribution in [-0.2, 0) is 21.2 Å². The molecule has 6 nitrogen and oxygen atoms in total. The maximum absolute atomic E-state index is 12.5. The zero-order chi connectivity index (χ0) is 21.6. The molecule has 1 N–H and O–H groups in total. The molecule has 2 aromatic carbocycles. The number of hydrogen-bond donors (Lipinski definition) is 1. The summed E-state index contributed by atoms with van der Waals surface area (Å²) < 4.78 is 29.1. The lowest BCUT2D eigenvalue weighted by Gasteiger charge is -2.30. The first-order valence-corrected chi connectivity index (χ1v) is 12.5. The van der Waals surface area contributed by atoms with Crippen molar-refractivity contribution in [3.63, 3.8) is 0 Å². The Labute approximate surface area is 182 Å². The molecule has 1 aliphatic rings. The minimum Gasteiger partial charge on any atom is -0.353 e. The average molecular weight is 446 g/mol. The molecule has 0 spiro atoms. The van der Waals surface area contributed by atoms with Gasteiger partial charge in [-0.15, -0.1) is 4.40 Å². The van der Waals surface area contributed by atoms with Crippen molar-refractivity contribution in [3.8, 4) is 0 Å². The molecule has 1 aliphatic heterocycles. The van der Waals surface area contributed by atoms with Crippen molar-refractivity contribution in [1.29, 1.82) is 0 Å². The van der Waals surface area contributed by atoms with Crippen molar-refractivity contribution in [2.24, 2.45) is 4.40 Å². The number of hydrogen-bond acceptors (Lipinski definition) is 5. The number of rotatable bonds is 8. The van der Waals surface area contributed by atoms with Crippen LogP contribution in [0.3, 0.4) is 0 Å². The molecule has 0 bridgehead atoms. The fourth-order valence-corrected chi connectivity index (χ4v) is 5.58. The lowest BCUT2D eigenvalue weighted by Crippen LogP contribution is -2.37. The summed E-state index contributed by atoms with van der Waals surface area (Å²) in [5.74, 6) is -0.0113. The van der Waals surface area contributed by atoms with Crippen LogP contribution in [0.1, 0.15) is 32.3 Å². The van der Waals surface area contributed by atoms with Crippen LogP contribution in [0.4, 0.5) is 5.69 Å². The number of carbonyl (C=O) groups excluding carboxylic acids is 1. The summed E-state index contributed by atoms with van der Waals surface area (Å²) in [5, 5.41) is 3.34. The number of carbonyl (C=O) groups is 1. The first-order chi connectivity index (χ1) is 14.4. The van der Waals surface area contributed by atoms with Crippen LogP contribution in [0, 0.1) is 0 Å². The van der Waals surface area contributed by atoms with Crippen LogP contribution >= 0.6 is 11.8 Å². The zero-order valence-electron chi connectivity index (χ0n) is 17.2. The van der Waals surface area contributed by atoms with Gasteiger partial charge < -0.3 is 10.2 Å². The Bertz CT molecular complexity index is 1010. The summed E-state index contributed by atoms with van der Waals surface area (Å²) in [5.41, 5.74) is 1.86. The minimum atomic E-state index is -3.76. The number of sulfonamides is 1. The van der Waals surface area contributed by atoms with Crippen molar-refractivity contribution in [3.05, 3.63) is 60.2 Å². The monoisotopic (exact) mass is 445 g/mol. The molecule has 0 fully saturated rings. The largest absolute Gasteiger partial charge is 0.353 e. The van der Waals surface area contributed by atoms with Crippen LogP contribution in [0.25, 0.3) is 0 Å². The van der Waals surface area contributed by atoms with Gasteiger partial charge in [0.1, 0.15) is 4.90 Å². The zero-order valence-corrected chi connectivity index (χ0v) is 18.9. The van der Waals surface area contributed by atoms with Crippen molar-refractivity contribution in [1.82, 2.24) is 5.32 Å². The Morgan fingerprint density at radius 2 is 1.83 bits per heavy atom. The van der Waals surface area contributed by atoms with Gasteiger partial charge in [-0.3, -0.25) is 4.79 Å². The van der Waals surface area contributed by atoms with Crippen LogP contribution in [0.5, 0.6) is 0 Å². The number of amidine groups is 1. The number of amides is 1. The van der Waals surface area contributed by atoms with Gasteiger partial charge in [0.15, 0.2) is 5.17 Å². The van der Waals surface area contributed by atoms with Gasteiger partial charge in [-0.05, 0) is 43.9 Å². The quantitative estimate of drug-likeness (QED) is 0.668. The van der Waals surface area contributed by atoms with Crippen LogP contribution in [0.15, 0.2) is 63.9 Å². The highest BCUT2D eigenvalue weighted by Gasteiger charge is 2.30. The predicted molar refractivity (Wildman–Crippen MR) is 124 cm³/mol.